The molecule has 1 saturated heterocycles. The van der Waals surface area contributed by atoms with Crippen molar-refractivity contribution >= 4 is 16.7 Å². The SMILES string of the molecule is Nc1nccc2c1cnn2C1CCOCC1. The summed E-state index contributed by atoms with van der Waals surface area (Å²) in [4.78, 5) is 4.07. The molecule has 0 atom stereocenters. The zero-order valence-corrected chi connectivity index (χ0v) is 8.97. The molecule has 0 saturated carbocycles. The first-order chi connectivity index (χ1) is 7.86. The molecule has 0 amide bonds. The Bertz CT molecular complexity index is 502. The van der Waals surface area contributed by atoms with Crippen LogP contribution < -0.4 is 5.73 Å². The van der Waals surface area contributed by atoms with Crippen molar-refractivity contribution in [2.75, 3.05) is 18.9 Å². The van der Waals surface area contributed by atoms with Gasteiger partial charge in [0.1, 0.15) is 5.82 Å². The fraction of sp³-hybridized carbons (Fsp3) is 0.455. The predicted molar refractivity (Wildman–Crippen MR) is 61.0 cm³/mol. The Morgan fingerprint density at radius 2 is 2.19 bits per heavy atom. The lowest BCUT2D eigenvalue weighted by Gasteiger charge is -2.23. The smallest absolute Gasteiger partial charge is 0.134 e. The first-order valence-corrected chi connectivity index (χ1v) is 5.52. The van der Waals surface area contributed by atoms with E-state index in [-0.39, 0.29) is 0 Å². The summed E-state index contributed by atoms with van der Waals surface area (Å²) in [5.74, 6) is 0.552. The zero-order valence-electron chi connectivity index (χ0n) is 8.97. The first-order valence-electron chi connectivity index (χ1n) is 5.52. The van der Waals surface area contributed by atoms with Crippen LogP contribution in [0.3, 0.4) is 0 Å². The summed E-state index contributed by atoms with van der Waals surface area (Å²) in [5, 5.41) is 5.36. The molecular formula is C11H14N4O. The molecule has 3 rings (SSSR count). The lowest BCUT2D eigenvalue weighted by atomic mass is 10.1. The molecule has 1 aliphatic heterocycles. The molecule has 0 bridgehead atoms. The molecule has 84 valence electrons. The Morgan fingerprint density at radius 3 is 3.00 bits per heavy atom. The summed E-state index contributed by atoms with van der Waals surface area (Å²) in [6.45, 7) is 1.62. The van der Waals surface area contributed by atoms with Gasteiger partial charge in [0.25, 0.3) is 0 Å². The highest BCUT2D eigenvalue weighted by molar-refractivity contribution is 5.87. The van der Waals surface area contributed by atoms with E-state index in [1.54, 1.807) is 12.4 Å². The van der Waals surface area contributed by atoms with Gasteiger partial charge in [-0.25, -0.2) is 4.98 Å². The molecule has 1 aliphatic rings. The van der Waals surface area contributed by atoms with E-state index in [1.807, 2.05) is 6.07 Å². The molecule has 3 heterocycles. The second-order valence-corrected chi connectivity index (χ2v) is 4.06. The largest absolute Gasteiger partial charge is 0.383 e. The molecule has 2 aromatic rings. The number of nitrogens with two attached hydrogens (primary N) is 1. The predicted octanol–water partition coefficient (Wildman–Crippen LogP) is 1.36. The molecule has 16 heavy (non-hydrogen) atoms. The normalized spacial score (nSPS) is 18.0. The summed E-state index contributed by atoms with van der Waals surface area (Å²) in [6, 6.07) is 2.39. The van der Waals surface area contributed by atoms with Gasteiger partial charge in [-0.15, -0.1) is 0 Å². The van der Waals surface area contributed by atoms with Gasteiger partial charge in [-0.2, -0.15) is 5.10 Å². The minimum Gasteiger partial charge on any atom is -0.383 e. The van der Waals surface area contributed by atoms with Crippen molar-refractivity contribution in [2.45, 2.75) is 18.9 Å². The molecule has 2 aromatic heterocycles. The lowest BCUT2D eigenvalue weighted by molar-refractivity contribution is 0.0675. The molecule has 5 nitrogen and oxygen atoms in total. The number of pyridine rings is 1. The van der Waals surface area contributed by atoms with Gasteiger partial charge < -0.3 is 10.5 Å². The maximum absolute atomic E-state index is 5.81. The van der Waals surface area contributed by atoms with E-state index in [1.165, 1.54) is 0 Å². The minimum atomic E-state index is 0.424. The van der Waals surface area contributed by atoms with Crippen LogP contribution in [-0.4, -0.2) is 28.0 Å². The third-order valence-electron chi connectivity index (χ3n) is 3.09. The van der Waals surface area contributed by atoms with Gasteiger partial charge in [0.05, 0.1) is 23.1 Å². The Morgan fingerprint density at radius 1 is 1.38 bits per heavy atom. The van der Waals surface area contributed by atoms with Gasteiger partial charge in [0, 0.05) is 19.4 Å². The quantitative estimate of drug-likeness (QED) is 0.785. The van der Waals surface area contributed by atoms with E-state index in [0.29, 0.717) is 11.9 Å². The number of ether oxygens (including phenoxy) is 1. The number of fused-ring (bicyclic) bond motifs is 1. The van der Waals surface area contributed by atoms with Crippen LogP contribution >= 0.6 is 0 Å². The number of aromatic nitrogens is 3. The van der Waals surface area contributed by atoms with Gasteiger partial charge in [0.15, 0.2) is 0 Å². The molecular weight excluding hydrogens is 204 g/mol. The van der Waals surface area contributed by atoms with Gasteiger partial charge in [-0.1, -0.05) is 0 Å². The summed E-state index contributed by atoms with van der Waals surface area (Å²) in [5.41, 5.74) is 6.88. The minimum absolute atomic E-state index is 0.424. The van der Waals surface area contributed by atoms with Crippen LogP contribution in [0, 0.1) is 0 Å². The van der Waals surface area contributed by atoms with E-state index in [0.717, 1.165) is 37.0 Å². The second kappa shape index (κ2) is 3.75. The Hall–Kier alpha value is -1.62. The molecule has 0 aromatic carbocycles. The maximum atomic E-state index is 5.81. The fourth-order valence-electron chi connectivity index (χ4n) is 2.21. The monoisotopic (exact) mass is 218 g/mol. The van der Waals surface area contributed by atoms with Crippen molar-refractivity contribution < 1.29 is 4.74 Å². The van der Waals surface area contributed by atoms with Crippen LogP contribution in [0.15, 0.2) is 18.5 Å². The van der Waals surface area contributed by atoms with Crippen molar-refractivity contribution in [1.82, 2.24) is 14.8 Å². The van der Waals surface area contributed by atoms with Crippen molar-refractivity contribution in [3.8, 4) is 0 Å². The Kier molecular flexibility index (Phi) is 2.25. The first kappa shape index (κ1) is 9.59. The van der Waals surface area contributed by atoms with Crippen molar-refractivity contribution in [3.63, 3.8) is 0 Å². The van der Waals surface area contributed by atoms with Gasteiger partial charge in [0.2, 0.25) is 0 Å². The van der Waals surface area contributed by atoms with Crippen LogP contribution in [0.25, 0.3) is 10.9 Å². The average molecular weight is 218 g/mol. The van der Waals surface area contributed by atoms with Gasteiger partial charge in [-0.3, -0.25) is 4.68 Å². The summed E-state index contributed by atoms with van der Waals surface area (Å²) in [6.07, 6.45) is 5.56. The summed E-state index contributed by atoms with van der Waals surface area (Å²) >= 11 is 0. The highest BCUT2D eigenvalue weighted by Crippen LogP contribution is 2.26. The number of hydrogen-bond donors (Lipinski definition) is 1. The highest BCUT2D eigenvalue weighted by Gasteiger charge is 2.18. The van der Waals surface area contributed by atoms with E-state index in [9.17, 15) is 0 Å². The second-order valence-electron chi connectivity index (χ2n) is 4.06. The van der Waals surface area contributed by atoms with Crippen LogP contribution in [0.4, 0.5) is 5.82 Å². The van der Waals surface area contributed by atoms with Crippen molar-refractivity contribution in [1.29, 1.82) is 0 Å². The van der Waals surface area contributed by atoms with Crippen molar-refractivity contribution in [3.05, 3.63) is 18.5 Å². The number of anilines is 1. The number of nitrogens with zero attached hydrogens (tertiary/aromatic N) is 3. The number of nitrogen functional groups attached to an aromatic ring is 1. The van der Waals surface area contributed by atoms with E-state index in [4.69, 9.17) is 10.5 Å². The van der Waals surface area contributed by atoms with Gasteiger partial charge in [-0.05, 0) is 18.9 Å². The third-order valence-corrected chi connectivity index (χ3v) is 3.09. The molecule has 0 radical (unpaired) electrons. The van der Waals surface area contributed by atoms with Crippen LogP contribution in [0.5, 0.6) is 0 Å². The summed E-state index contributed by atoms with van der Waals surface area (Å²) in [7, 11) is 0. The molecule has 0 unspecified atom stereocenters. The maximum Gasteiger partial charge on any atom is 0.134 e. The average Bonchev–Trinajstić information content (AvgIpc) is 2.75. The molecule has 0 spiro atoms. The standard InChI is InChI=1S/C11H14N4O/c12-11-9-7-14-15(10(9)1-4-13-11)8-2-5-16-6-3-8/h1,4,7-8H,2-3,5-6H2,(H2,12,13). The lowest BCUT2D eigenvalue weighted by Crippen LogP contribution is -2.20. The molecule has 0 aliphatic carbocycles. The number of hydrogen-bond acceptors (Lipinski definition) is 4. The van der Waals surface area contributed by atoms with Crippen LogP contribution in [-0.2, 0) is 4.74 Å². The molecule has 1 fully saturated rings. The highest BCUT2D eigenvalue weighted by atomic mass is 16.5. The fourth-order valence-corrected chi connectivity index (χ4v) is 2.21. The Labute approximate surface area is 93.2 Å². The van der Waals surface area contributed by atoms with E-state index < -0.39 is 0 Å². The third kappa shape index (κ3) is 1.44. The van der Waals surface area contributed by atoms with Crippen LogP contribution in [0.2, 0.25) is 0 Å². The summed E-state index contributed by atoms with van der Waals surface area (Å²) < 4.78 is 7.41. The molecule has 2 N–H and O–H groups in total. The number of rotatable bonds is 1. The van der Waals surface area contributed by atoms with Gasteiger partial charge >= 0.3 is 0 Å². The molecule has 5 heteroatoms. The van der Waals surface area contributed by atoms with E-state index in [2.05, 4.69) is 14.8 Å². The topological polar surface area (TPSA) is 66.0 Å². The van der Waals surface area contributed by atoms with E-state index >= 15 is 0 Å². The van der Waals surface area contributed by atoms with Crippen molar-refractivity contribution in [2.24, 2.45) is 0 Å². The zero-order chi connectivity index (χ0) is 11.0. The Balaban J connectivity index is 2.06. The van der Waals surface area contributed by atoms with Crippen LogP contribution in [0.1, 0.15) is 18.9 Å².